The maximum atomic E-state index is 12.6. The highest BCUT2D eigenvalue weighted by molar-refractivity contribution is 7.92. The lowest BCUT2D eigenvalue weighted by atomic mass is 9.93. The highest BCUT2D eigenvalue weighted by Crippen LogP contribution is 2.38. The Kier molecular flexibility index (Phi) is 4.37. The second-order valence-electron chi connectivity index (χ2n) is 5.91. The number of rotatable bonds is 4. The van der Waals surface area contributed by atoms with Gasteiger partial charge in [-0.2, -0.15) is 0 Å². The normalized spacial score (nSPS) is 17.5. The average Bonchev–Trinajstić information content (AvgIpc) is 2.55. The summed E-state index contributed by atoms with van der Waals surface area (Å²) in [6.07, 6.45) is 0. The van der Waals surface area contributed by atoms with Crippen LogP contribution in [0.4, 0.5) is 11.4 Å². The van der Waals surface area contributed by atoms with Crippen molar-refractivity contribution in [2.24, 2.45) is 5.41 Å². The van der Waals surface area contributed by atoms with E-state index in [2.05, 4.69) is 4.72 Å². The lowest BCUT2D eigenvalue weighted by Gasteiger charge is -2.26. The summed E-state index contributed by atoms with van der Waals surface area (Å²) in [5.74, 6) is 0.505. The molecular weight excluding hydrogens is 304 g/mol. The molecular formula is C15H22N2O4S. The maximum Gasteiger partial charge on any atom is 0.236 e. The van der Waals surface area contributed by atoms with Gasteiger partial charge in [-0.1, -0.05) is 0 Å². The lowest BCUT2D eigenvalue weighted by Crippen LogP contribution is -2.42. The molecule has 0 aliphatic carbocycles. The zero-order valence-corrected chi connectivity index (χ0v) is 14.2. The predicted octanol–water partition coefficient (Wildman–Crippen LogP) is 2.22. The summed E-state index contributed by atoms with van der Waals surface area (Å²) in [5.41, 5.74) is 0.472. The van der Waals surface area contributed by atoms with Gasteiger partial charge in [-0.3, -0.25) is 9.52 Å². The SMILES string of the molecule is CCN1C(=O)C(C)(C)COc2cc(NS(=O)(=O)CC)ccc21. The van der Waals surface area contributed by atoms with Crippen molar-refractivity contribution in [3.63, 3.8) is 0 Å². The van der Waals surface area contributed by atoms with Crippen LogP contribution in [0.25, 0.3) is 0 Å². The highest BCUT2D eigenvalue weighted by Gasteiger charge is 2.37. The van der Waals surface area contributed by atoms with Gasteiger partial charge in [-0.15, -0.1) is 0 Å². The van der Waals surface area contributed by atoms with Crippen molar-refractivity contribution in [2.75, 3.05) is 28.5 Å². The molecule has 22 heavy (non-hydrogen) atoms. The number of anilines is 2. The highest BCUT2D eigenvalue weighted by atomic mass is 32.2. The average molecular weight is 326 g/mol. The van der Waals surface area contributed by atoms with E-state index >= 15 is 0 Å². The molecule has 0 saturated carbocycles. The summed E-state index contributed by atoms with van der Waals surface area (Å²) in [7, 11) is -3.35. The molecule has 0 aromatic heterocycles. The minimum absolute atomic E-state index is 0.00244. The lowest BCUT2D eigenvalue weighted by molar-refractivity contribution is -0.127. The standard InChI is InChI=1S/C15H22N2O4S/c1-5-17-12-8-7-11(16-22(19,20)6-2)9-13(12)21-10-15(3,4)14(17)18/h7-9,16H,5-6,10H2,1-4H3. The number of nitrogens with one attached hydrogen (secondary N) is 1. The largest absolute Gasteiger partial charge is 0.490 e. The van der Waals surface area contributed by atoms with Crippen molar-refractivity contribution in [1.82, 2.24) is 0 Å². The summed E-state index contributed by atoms with van der Waals surface area (Å²) in [4.78, 5) is 14.2. The van der Waals surface area contributed by atoms with Crippen LogP contribution in [-0.2, 0) is 14.8 Å². The number of fused-ring (bicyclic) bond motifs is 1. The van der Waals surface area contributed by atoms with Crippen LogP contribution in [0.5, 0.6) is 5.75 Å². The van der Waals surface area contributed by atoms with Crippen LogP contribution in [-0.4, -0.2) is 33.2 Å². The van der Waals surface area contributed by atoms with E-state index in [0.29, 0.717) is 23.7 Å². The number of hydrogen-bond acceptors (Lipinski definition) is 4. The number of carbonyl (C=O) groups excluding carboxylic acids is 1. The molecule has 0 atom stereocenters. The number of nitrogens with zero attached hydrogens (tertiary/aromatic N) is 1. The molecule has 122 valence electrons. The van der Waals surface area contributed by atoms with Crippen molar-refractivity contribution in [3.05, 3.63) is 18.2 Å². The Labute approximate surface area is 131 Å². The Morgan fingerprint density at radius 1 is 1.32 bits per heavy atom. The smallest absolute Gasteiger partial charge is 0.236 e. The molecule has 1 heterocycles. The van der Waals surface area contributed by atoms with Gasteiger partial charge in [0.05, 0.1) is 22.5 Å². The van der Waals surface area contributed by atoms with Crippen LogP contribution in [0, 0.1) is 5.41 Å². The molecule has 0 saturated heterocycles. The predicted molar refractivity (Wildman–Crippen MR) is 86.8 cm³/mol. The van der Waals surface area contributed by atoms with Crippen LogP contribution >= 0.6 is 0 Å². The molecule has 1 aromatic carbocycles. The third kappa shape index (κ3) is 3.19. The summed E-state index contributed by atoms with van der Waals surface area (Å²) in [5, 5.41) is 0. The van der Waals surface area contributed by atoms with Gasteiger partial charge < -0.3 is 9.64 Å². The van der Waals surface area contributed by atoms with Gasteiger partial charge >= 0.3 is 0 Å². The second kappa shape index (κ2) is 5.79. The van der Waals surface area contributed by atoms with E-state index < -0.39 is 15.4 Å². The fourth-order valence-corrected chi connectivity index (χ4v) is 2.91. The number of sulfonamides is 1. The van der Waals surface area contributed by atoms with Crippen LogP contribution in [0.15, 0.2) is 18.2 Å². The number of benzene rings is 1. The molecule has 0 bridgehead atoms. The molecule has 1 aliphatic rings. The number of ether oxygens (including phenoxy) is 1. The Morgan fingerprint density at radius 3 is 2.59 bits per heavy atom. The zero-order chi connectivity index (χ0) is 16.5. The van der Waals surface area contributed by atoms with Crippen LogP contribution in [0.2, 0.25) is 0 Å². The molecule has 1 aliphatic heterocycles. The summed E-state index contributed by atoms with van der Waals surface area (Å²) < 4.78 is 31.6. The van der Waals surface area contributed by atoms with Crippen molar-refractivity contribution in [2.45, 2.75) is 27.7 Å². The Morgan fingerprint density at radius 2 is 2.00 bits per heavy atom. The van der Waals surface area contributed by atoms with Crippen molar-refractivity contribution in [3.8, 4) is 5.75 Å². The minimum Gasteiger partial charge on any atom is -0.490 e. The molecule has 1 amide bonds. The number of hydrogen-bond donors (Lipinski definition) is 1. The van der Waals surface area contributed by atoms with Gasteiger partial charge in [0.15, 0.2) is 0 Å². The van der Waals surface area contributed by atoms with E-state index in [9.17, 15) is 13.2 Å². The molecule has 2 rings (SSSR count). The van der Waals surface area contributed by atoms with Gasteiger partial charge in [0, 0.05) is 12.6 Å². The quantitative estimate of drug-likeness (QED) is 0.920. The molecule has 1 aromatic rings. The first-order valence-corrected chi connectivity index (χ1v) is 8.94. The van der Waals surface area contributed by atoms with E-state index in [0.717, 1.165) is 0 Å². The van der Waals surface area contributed by atoms with E-state index in [1.54, 1.807) is 30.0 Å². The minimum atomic E-state index is -3.35. The number of amides is 1. The second-order valence-corrected chi connectivity index (χ2v) is 7.92. The first-order chi connectivity index (χ1) is 10.2. The van der Waals surface area contributed by atoms with Gasteiger partial charge in [0.1, 0.15) is 12.4 Å². The molecule has 6 nitrogen and oxygen atoms in total. The van der Waals surface area contributed by atoms with E-state index in [4.69, 9.17) is 4.74 Å². The molecule has 0 fully saturated rings. The molecule has 0 unspecified atom stereocenters. The third-order valence-electron chi connectivity index (χ3n) is 3.63. The van der Waals surface area contributed by atoms with Crippen LogP contribution in [0.1, 0.15) is 27.7 Å². The Balaban J connectivity index is 2.42. The third-order valence-corrected chi connectivity index (χ3v) is 4.94. The molecule has 0 spiro atoms. The molecule has 7 heteroatoms. The molecule has 0 radical (unpaired) electrons. The van der Waals surface area contributed by atoms with Gasteiger partial charge in [0.25, 0.3) is 0 Å². The summed E-state index contributed by atoms with van der Waals surface area (Å²) >= 11 is 0. The van der Waals surface area contributed by atoms with Gasteiger partial charge in [-0.05, 0) is 39.8 Å². The summed E-state index contributed by atoms with van der Waals surface area (Å²) in [6.45, 7) is 7.92. The fraction of sp³-hybridized carbons (Fsp3) is 0.533. The monoisotopic (exact) mass is 326 g/mol. The van der Waals surface area contributed by atoms with E-state index in [-0.39, 0.29) is 18.3 Å². The molecule has 1 N–H and O–H groups in total. The van der Waals surface area contributed by atoms with Gasteiger partial charge in [-0.25, -0.2) is 8.42 Å². The van der Waals surface area contributed by atoms with Crippen molar-refractivity contribution < 1.29 is 17.9 Å². The van der Waals surface area contributed by atoms with E-state index in [1.807, 2.05) is 20.8 Å². The van der Waals surface area contributed by atoms with Crippen LogP contribution in [0.3, 0.4) is 0 Å². The number of carbonyl (C=O) groups is 1. The first-order valence-electron chi connectivity index (χ1n) is 7.29. The Hall–Kier alpha value is -1.76. The van der Waals surface area contributed by atoms with Gasteiger partial charge in [0.2, 0.25) is 15.9 Å². The fourth-order valence-electron chi connectivity index (χ4n) is 2.28. The van der Waals surface area contributed by atoms with Crippen molar-refractivity contribution in [1.29, 1.82) is 0 Å². The maximum absolute atomic E-state index is 12.6. The Bertz CT molecular complexity index is 683. The van der Waals surface area contributed by atoms with Crippen LogP contribution < -0.4 is 14.4 Å². The zero-order valence-electron chi connectivity index (χ0n) is 13.3. The topological polar surface area (TPSA) is 75.7 Å². The van der Waals surface area contributed by atoms with E-state index in [1.165, 1.54) is 0 Å². The first kappa shape index (κ1) is 16.6. The summed E-state index contributed by atoms with van der Waals surface area (Å²) in [6, 6.07) is 4.98. The van der Waals surface area contributed by atoms with Crippen molar-refractivity contribution >= 4 is 27.3 Å².